The number of para-hydroxylation sites is 1. The average molecular weight is 478 g/mol. The highest BCUT2D eigenvalue weighted by molar-refractivity contribution is 8.00. The molecule has 0 unspecified atom stereocenters. The summed E-state index contributed by atoms with van der Waals surface area (Å²) in [5.41, 5.74) is 3.52. The molecule has 33 heavy (non-hydrogen) atoms. The fourth-order valence-corrected chi connectivity index (χ4v) is 4.60. The zero-order valence-electron chi connectivity index (χ0n) is 18.2. The standard InChI is InChI=1S/C26H24ClN3O2S/c1-18-9-11-19(12-10-18)26(32)28-13-14-30-16-24(22-7-2-3-8-23(22)30)33-17-25(31)29-21-6-4-5-20(27)15-21/h2-12,15-16H,13-14,17H2,1H3,(H,28,32)(H,29,31). The van der Waals surface area contributed by atoms with Gasteiger partial charge in [-0.2, -0.15) is 0 Å². The average Bonchev–Trinajstić information content (AvgIpc) is 3.16. The van der Waals surface area contributed by atoms with Gasteiger partial charge in [-0.05, 0) is 43.3 Å². The number of aromatic nitrogens is 1. The molecule has 0 saturated heterocycles. The van der Waals surface area contributed by atoms with Crippen LogP contribution in [0.1, 0.15) is 15.9 Å². The summed E-state index contributed by atoms with van der Waals surface area (Å²) in [6.45, 7) is 3.13. The van der Waals surface area contributed by atoms with Crippen LogP contribution in [-0.4, -0.2) is 28.7 Å². The Morgan fingerprint density at radius 2 is 1.79 bits per heavy atom. The lowest BCUT2D eigenvalue weighted by atomic mass is 10.1. The van der Waals surface area contributed by atoms with Crippen LogP contribution >= 0.6 is 23.4 Å². The molecule has 7 heteroatoms. The maximum absolute atomic E-state index is 12.4. The molecule has 0 aliphatic heterocycles. The smallest absolute Gasteiger partial charge is 0.251 e. The number of carbonyl (C=O) groups is 2. The van der Waals surface area contributed by atoms with E-state index in [1.54, 1.807) is 18.2 Å². The van der Waals surface area contributed by atoms with Gasteiger partial charge in [0.1, 0.15) is 0 Å². The molecule has 1 heterocycles. The number of fused-ring (bicyclic) bond motifs is 1. The number of rotatable bonds is 8. The minimum Gasteiger partial charge on any atom is -0.350 e. The lowest BCUT2D eigenvalue weighted by molar-refractivity contribution is -0.113. The molecule has 3 aromatic carbocycles. The first-order valence-electron chi connectivity index (χ1n) is 10.6. The molecule has 0 fully saturated rings. The summed E-state index contributed by atoms with van der Waals surface area (Å²) in [6.07, 6.45) is 2.04. The monoisotopic (exact) mass is 477 g/mol. The number of thioether (sulfide) groups is 1. The molecular weight excluding hydrogens is 454 g/mol. The van der Waals surface area contributed by atoms with E-state index in [0.717, 1.165) is 21.4 Å². The van der Waals surface area contributed by atoms with Gasteiger partial charge < -0.3 is 15.2 Å². The third-order valence-corrected chi connectivity index (χ3v) is 6.45. The fraction of sp³-hybridized carbons (Fsp3) is 0.154. The van der Waals surface area contributed by atoms with Crippen LogP contribution in [-0.2, 0) is 11.3 Å². The van der Waals surface area contributed by atoms with Crippen LogP contribution in [0.2, 0.25) is 5.02 Å². The molecule has 168 valence electrons. The molecule has 2 N–H and O–H groups in total. The molecule has 0 radical (unpaired) electrons. The summed E-state index contributed by atoms with van der Waals surface area (Å²) in [6, 6.07) is 22.7. The largest absolute Gasteiger partial charge is 0.350 e. The highest BCUT2D eigenvalue weighted by Crippen LogP contribution is 2.30. The minimum atomic E-state index is -0.0931. The van der Waals surface area contributed by atoms with E-state index in [2.05, 4.69) is 15.2 Å². The third-order valence-electron chi connectivity index (χ3n) is 5.17. The van der Waals surface area contributed by atoms with Crippen LogP contribution in [0.3, 0.4) is 0 Å². The second-order valence-electron chi connectivity index (χ2n) is 7.67. The van der Waals surface area contributed by atoms with Gasteiger partial charge in [0.15, 0.2) is 0 Å². The molecule has 0 bridgehead atoms. The lowest BCUT2D eigenvalue weighted by Crippen LogP contribution is -2.27. The van der Waals surface area contributed by atoms with E-state index in [1.165, 1.54) is 11.8 Å². The van der Waals surface area contributed by atoms with E-state index in [4.69, 9.17) is 11.6 Å². The normalized spacial score (nSPS) is 10.8. The van der Waals surface area contributed by atoms with Crippen molar-refractivity contribution in [1.82, 2.24) is 9.88 Å². The van der Waals surface area contributed by atoms with Gasteiger partial charge in [-0.15, -0.1) is 11.8 Å². The molecule has 2 amide bonds. The number of benzene rings is 3. The summed E-state index contributed by atoms with van der Waals surface area (Å²) in [5.74, 6) is 0.105. The van der Waals surface area contributed by atoms with Gasteiger partial charge >= 0.3 is 0 Å². The summed E-state index contributed by atoms with van der Waals surface area (Å²) in [5, 5.41) is 7.52. The van der Waals surface area contributed by atoms with Gasteiger partial charge in [-0.1, -0.05) is 53.6 Å². The van der Waals surface area contributed by atoms with Crippen molar-refractivity contribution in [3.8, 4) is 0 Å². The molecule has 4 rings (SSSR count). The van der Waals surface area contributed by atoms with Crippen LogP contribution in [0.4, 0.5) is 5.69 Å². The summed E-state index contributed by atoms with van der Waals surface area (Å²) in [4.78, 5) is 25.8. The number of anilines is 1. The molecule has 4 aromatic rings. The van der Waals surface area contributed by atoms with Gasteiger partial charge in [0.05, 0.1) is 5.75 Å². The Bertz CT molecular complexity index is 1280. The van der Waals surface area contributed by atoms with E-state index in [1.807, 2.05) is 67.7 Å². The van der Waals surface area contributed by atoms with Crippen molar-refractivity contribution < 1.29 is 9.59 Å². The predicted octanol–water partition coefficient (Wildman–Crippen LogP) is 5.76. The van der Waals surface area contributed by atoms with Crippen molar-refractivity contribution in [2.75, 3.05) is 17.6 Å². The molecular formula is C26H24ClN3O2S. The first-order chi connectivity index (χ1) is 16.0. The van der Waals surface area contributed by atoms with Crippen LogP contribution in [0, 0.1) is 6.92 Å². The van der Waals surface area contributed by atoms with Gasteiger partial charge in [-0.25, -0.2) is 0 Å². The molecule has 5 nitrogen and oxygen atoms in total. The van der Waals surface area contributed by atoms with Crippen molar-refractivity contribution >= 4 is 51.8 Å². The number of nitrogens with one attached hydrogen (secondary N) is 2. The number of carbonyl (C=O) groups excluding carboxylic acids is 2. The second kappa shape index (κ2) is 10.6. The zero-order valence-corrected chi connectivity index (χ0v) is 19.7. The summed E-state index contributed by atoms with van der Waals surface area (Å²) < 4.78 is 2.11. The van der Waals surface area contributed by atoms with E-state index < -0.39 is 0 Å². The topological polar surface area (TPSA) is 63.1 Å². The maximum Gasteiger partial charge on any atom is 0.251 e. The SMILES string of the molecule is Cc1ccc(C(=O)NCCn2cc(SCC(=O)Nc3cccc(Cl)c3)c3ccccc32)cc1. The van der Waals surface area contributed by atoms with Crippen LogP contribution < -0.4 is 10.6 Å². The second-order valence-corrected chi connectivity index (χ2v) is 9.13. The van der Waals surface area contributed by atoms with Gasteiger partial charge in [0.2, 0.25) is 5.91 Å². The number of hydrogen-bond donors (Lipinski definition) is 2. The molecule has 0 spiro atoms. The Morgan fingerprint density at radius 3 is 2.58 bits per heavy atom. The Labute approximate surface area is 202 Å². The van der Waals surface area contributed by atoms with Gasteiger partial charge in [0.25, 0.3) is 5.91 Å². The molecule has 0 saturated carbocycles. The van der Waals surface area contributed by atoms with Crippen molar-refractivity contribution in [2.45, 2.75) is 18.4 Å². The highest BCUT2D eigenvalue weighted by atomic mass is 35.5. The Hall–Kier alpha value is -3.22. The number of halogens is 1. The van der Waals surface area contributed by atoms with E-state index in [9.17, 15) is 9.59 Å². The Morgan fingerprint density at radius 1 is 1.00 bits per heavy atom. The summed E-state index contributed by atoms with van der Waals surface area (Å²) >= 11 is 7.47. The molecule has 1 aromatic heterocycles. The first kappa shape index (κ1) is 23.0. The molecule has 0 aliphatic carbocycles. The lowest BCUT2D eigenvalue weighted by Gasteiger charge is -2.08. The predicted molar refractivity (Wildman–Crippen MR) is 136 cm³/mol. The first-order valence-corrected chi connectivity index (χ1v) is 12.0. The fourth-order valence-electron chi connectivity index (χ4n) is 3.52. The van der Waals surface area contributed by atoms with E-state index >= 15 is 0 Å². The summed E-state index contributed by atoms with van der Waals surface area (Å²) in [7, 11) is 0. The molecule has 0 aliphatic rings. The van der Waals surface area contributed by atoms with E-state index in [0.29, 0.717) is 29.4 Å². The van der Waals surface area contributed by atoms with Gasteiger partial charge in [-0.3, -0.25) is 9.59 Å². The minimum absolute atomic E-state index is 0.0845. The van der Waals surface area contributed by atoms with Crippen molar-refractivity contribution in [2.24, 2.45) is 0 Å². The van der Waals surface area contributed by atoms with Crippen molar-refractivity contribution in [3.63, 3.8) is 0 Å². The number of amides is 2. The number of aryl methyl sites for hydroxylation is 1. The number of hydrogen-bond acceptors (Lipinski definition) is 3. The van der Waals surface area contributed by atoms with Crippen LogP contribution in [0.5, 0.6) is 0 Å². The number of nitrogens with zero attached hydrogens (tertiary/aromatic N) is 1. The van der Waals surface area contributed by atoms with Crippen LogP contribution in [0.15, 0.2) is 83.9 Å². The highest BCUT2D eigenvalue weighted by Gasteiger charge is 2.12. The zero-order chi connectivity index (χ0) is 23.2. The maximum atomic E-state index is 12.4. The van der Waals surface area contributed by atoms with Crippen molar-refractivity contribution in [1.29, 1.82) is 0 Å². The molecule has 0 atom stereocenters. The third kappa shape index (κ3) is 5.97. The Balaban J connectivity index is 1.38. The van der Waals surface area contributed by atoms with E-state index in [-0.39, 0.29) is 17.6 Å². The van der Waals surface area contributed by atoms with Crippen molar-refractivity contribution in [3.05, 3.63) is 95.1 Å². The van der Waals surface area contributed by atoms with Gasteiger partial charge in [0, 0.05) is 51.4 Å². The Kier molecular flexibility index (Phi) is 7.37. The van der Waals surface area contributed by atoms with Crippen LogP contribution in [0.25, 0.3) is 10.9 Å². The quantitative estimate of drug-likeness (QED) is 0.317.